The Bertz CT molecular complexity index is 262. The molecule has 0 radical (unpaired) electrons. The van der Waals surface area contributed by atoms with Gasteiger partial charge in [0.05, 0.1) is 12.1 Å². The van der Waals surface area contributed by atoms with Crippen LogP contribution in [-0.2, 0) is 0 Å². The first-order valence-electron chi connectivity index (χ1n) is 3.81. The topological polar surface area (TPSA) is 46.2 Å². The number of aliphatic hydroxyl groups excluding tert-OH is 1. The highest BCUT2D eigenvalue weighted by atomic mass is 79.9. The lowest BCUT2D eigenvalue weighted by molar-refractivity contribution is 0.164. The maximum absolute atomic E-state index is 9.25. The first-order chi connectivity index (χ1) is 5.63. The van der Waals surface area contributed by atoms with E-state index in [1.54, 1.807) is 6.92 Å². The van der Waals surface area contributed by atoms with Crippen LogP contribution in [0.25, 0.3) is 0 Å². The van der Waals surface area contributed by atoms with Crippen molar-refractivity contribution in [3.63, 3.8) is 0 Å². The van der Waals surface area contributed by atoms with E-state index < -0.39 is 6.10 Å². The number of aliphatic hydroxyl groups is 1. The van der Waals surface area contributed by atoms with E-state index in [-0.39, 0.29) is 6.04 Å². The Hall–Kier alpha value is -0.380. The summed E-state index contributed by atoms with van der Waals surface area (Å²) >= 11 is 3.37. The summed E-state index contributed by atoms with van der Waals surface area (Å²) in [4.78, 5) is 0. The van der Waals surface area contributed by atoms with E-state index in [1.165, 1.54) is 0 Å². The number of rotatable bonds is 2. The van der Waals surface area contributed by atoms with Gasteiger partial charge in [0, 0.05) is 4.47 Å². The fraction of sp³-hybridized carbons (Fsp3) is 0.333. The number of hydrogen-bond acceptors (Lipinski definition) is 2. The summed E-state index contributed by atoms with van der Waals surface area (Å²) in [5, 5.41) is 9.25. The average molecular weight is 230 g/mol. The van der Waals surface area contributed by atoms with Gasteiger partial charge in [-0.25, -0.2) is 0 Å². The molecule has 0 heterocycles. The maximum Gasteiger partial charge on any atom is 0.0705 e. The van der Waals surface area contributed by atoms with Crippen LogP contribution in [0.1, 0.15) is 18.5 Å². The molecule has 3 heteroatoms. The highest BCUT2D eigenvalue weighted by Gasteiger charge is 2.13. The van der Waals surface area contributed by atoms with E-state index in [0.29, 0.717) is 0 Å². The molecule has 12 heavy (non-hydrogen) atoms. The summed E-state index contributed by atoms with van der Waals surface area (Å²) in [5.41, 5.74) is 6.70. The monoisotopic (exact) mass is 229 g/mol. The minimum absolute atomic E-state index is 0.319. The van der Waals surface area contributed by atoms with Crippen LogP contribution in [0.3, 0.4) is 0 Å². The molecule has 0 aliphatic carbocycles. The Morgan fingerprint density at radius 2 is 2.00 bits per heavy atom. The lowest BCUT2D eigenvalue weighted by Crippen LogP contribution is -2.23. The van der Waals surface area contributed by atoms with Crippen molar-refractivity contribution in [1.82, 2.24) is 0 Å². The summed E-state index contributed by atoms with van der Waals surface area (Å²) in [7, 11) is 0. The standard InChI is InChI=1S/C9H12BrNO/c1-6(12)9(11)7-4-2-3-5-8(7)10/h2-6,9,12H,11H2,1H3/t6?,9-/m0/s1. The number of benzene rings is 1. The van der Waals surface area contributed by atoms with E-state index in [0.717, 1.165) is 10.0 Å². The minimum Gasteiger partial charge on any atom is -0.391 e. The van der Waals surface area contributed by atoms with Crippen molar-refractivity contribution in [1.29, 1.82) is 0 Å². The molecule has 3 N–H and O–H groups in total. The van der Waals surface area contributed by atoms with E-state index in [4.69, 9.17) is 5.73 Å². The summed E-state index contributed by atoms with van der Waals surface area (Å²) in [6.45, 7) is 1.68. The second-order valence-corrected chi connectivity index (χ2v) is 3.64. The SMILES string of the molecule is CC(O)[C@H](N)c1ccccc1Br. The van der Waals surface area contributed by atoms with Crippen LogP contribution in [0.2, 0.25) is 0 Å². The molecular weight excluding hydrogens is 218 g/mol. The molecular formula is C9H12BrNO. The second-order valence-electron chi connectivity index (χ2n) is 2.79. The van der Waals surface area contributed by atoms with E-state index in [9.17, 15) is 5.11 Å². The van der Waals surface area contributed by atoms with Gasteiger partial charge in [0.15, 0.2) is 0 Å². The predicted octanol–water partition coefficient (Wildman–Crippen LogP) is 1.83. The molecule has 1 rings (SSSR count). The molecule has 2 nitrogen and oxygen atoms in total. The van der Waals surface area contributed by atoms with Gasteiger partial charge in [0.1, 0.15) is 0 Å². The third-order valence-corrected chi connectivity index (χ3v) is 2.51. The molecule has 0 aromatic heterocycles. The van der Waals surface area contributed by atoms with Crippen LogP contribution in [-0.4, -0.2) is 11.2 Å². The molecule has 1 aromatic carbocycles. The molecule has 0 bridgehead atoms. The van der Waals surface area contributed by atoms with E-state index in [1.807, 2.05) is 24.3 Å². The summed E-state index contributed by atoms with van der Waals surface area (Å²) < 4.78 is 0.943. The lowest BCUT2D eigenvalue weighted by atomic mass is 10.0. The third kappa shape index (κ3) is 2.06. The fourth-order valence-electron chi connectivity index (χ4n) is 1.01. The Balaban J connectivity index is 2.94. The quantitative estimate of drug-likeness (QED) is 0.814. The molecule has 1 aromatic rings. The smallest absolute Gasteiger partial charge is 0.0705 e. The Labute approximate surface area is 80.5 Å². The normalized spacial score (nSPS) is 15.7. The summed E-state index contributed by atoms with van der Waals surface area (Å²) in [6.07, 6.45) is -0.524. The minimum atomic E-state index is -0.524. The zero-order valence-corrected chi connectivity index (χ0v) is 8.45. The Kier molecular flexibility index (Phi) is 3.26. The Morgan fingerprint density at radius 1 is 1.42 bits per heavy atom. The second kappa shape index (κ2) is 4.03. The lowest BCUT2D eigenvalue weighted by Gasteiger charge is -2.16. The molecule has 0 fully saturated rings. The van der Waals surface area contributed by atoms with Crippen molar-refractivity contribution >= 4 is 15.9 Å². The van der Waals surface area contributed by atoms with Gasteiger partial charge < -0.3 is 10.8 Å². The molecule has 0 saturated carbocycles. The van der Waals surface area contributed by atoms with Crippen molar-refractivity contribution in [2.75, 3.05) is 0 Å². The van der Waals surface area contributed by atoms with Crippen molar-refractivity contribution in [2.45, 2.75) is 19.1 Å². The van der Waals surface area contributed by atoms with Crippen LogP contribution in [0.15, 0.2) is 28.7 Å². The van der Waals surface area contributed by atoms with E-state index in [2.05, 4.69) is 15.9 Å². The summed E-state index contributed by atoms with van der Waals surface area (Å²) in [6, 6.07) is 7.32. The zero-order valence-electron chi connectivity index (χ0n) is 6.87. The molecule has 0 aliphatic rings. The van der Waals surface area contributed by atoms with Crippen LogP contribution < -0.4 is 5.73 Å². The largest absolute Gasteiger partial charge is 0.391 e. The number of halogens is 1. The first kappa shape index (κ1) is 9.71. The van der Waals surface area contributed by atoms with Gasteiger partial charge in [0.25, 0.3) is 0 Å². The van der Waals surface area contributed by atoms with Crippen molar-refractivity contribution in [3.05, 3.63) is 34.3 Å². The van der Waals surface area contributed by atoms with E-state index >= 15 is 0 Å². The third-order valence-electron chi connectivity index (χ3n) is 1.78. The molecule has 1 unspecified atom stereocenters. The van der Waals surface area contributed by atoms with Gasteiger partial charge in [-0.2, -0.15) is 0 Å². The van der Waals surface area contributed by atoms with Crippen LogP contribution in [0.4, 0.5) is 0 Å². The fourth-order valence-corrected chi connectivity index (χ4v) is 1.55. The van der Waals surface area contributed by atoms with Gasteiger partial charge in [-0.05, 0) is 18.6 Å². The maximum atomic E-state index is 9.25. The first-order valence-corrected chi connectivity index (χ1v) is 4.60. The molecule has 0 aliphatic heterocycles. The van der Waals surface area contributed by atoms with Gasteiger partial charge >= 0.3 is 0 Å². The molecule has 0 spiro atoms. The molecule has 2 atom stereocenters. The molecule has 0 amide bonds. The van der Waals surface area contributed by atoms with Crippen molar-refractivity contribution in [3.8, 4) is 0 Å². The Morgan fingerprint density at radius 3 is 2.50 bits per heavy atom. The average Bonchev–Trinajstić information content (AvgIpc) is 2.04. The van der Waals surface area contributed by atoms with Gasteiger partial charge in [-0.1, -0.05) is 34.1 Å². The zero-order chi connectivity index (χ0) is 9.14. The highest BCUT2D eigenvalue weighted by molar-refractivity contribution is 9.10. The number of nitrogens with two attached hydrogens (primary N) is 1. The van der Waals surface area contributed by atoms with Crippen LogP contribution >= 0.6 is 15.9 Å². The van der Waals surface area contributed by atoms with Crippen LogP contribution in [0.5, 0.6) is 0 Å². The molecule has 66 valence electrons. The highest BCUT2D eigenvalue weighted by Crippen LogP contribution is 2.23. The summed E-state index contributed by atoms with van der Waals surface area (Å²) in [5.74, 6) is 0. The van der Waals surface area contributed by atoms with Crippen molar-refractivity contribution in [2.24, 2.45) is 5.73 Å². The van der Waals surface area contributed by atoms with Gasteiger partial charge in [-0.3, -0.25) is 0 Å². The van der Waals surface area contributed by atoms with Gasteiger partial charge in [-0.15, -0.1) is 0 Å². The molecule has 0 saturated heterocycles. The van der Waals surface area contributed by atoms with Gasteiger partial charge in [0.2, 0.25) is 0 Å². The predicted molar refractivity (Wildman–Crippen MR) is 52.8 cm³/mol. The number of hydrogen-bond donors (Lipinski definition) is 2. The van der Waals surface area contributed by atoms with Crippen molar-refractivity contribution < 1.29 is 5.11 Å². The van der Waals surface area contributed by atoms with Crippen LogP contribution in [0, 0.1) is 0 Å².